The van der Waals surface area contributed by atoms with Crippen molar-refractivity contribution >= 4 is 11.3 Å². The predicted molar refractivity (Wildman–Crippen MR) is 88.5 cm³/mol. The summed E-state index contributed by atoms with van der Waals surface area (Å²) in [5.41, 5.74) is 1.33. The highest BCUT2D eigenvalue weighted by Gasteiger charge is 2.39. The summed E-state index contributed by atoms with van der Waals surface area (Å²) in [6.07, 6.45) is 1.91. The van der Waals surface area contributed by atoms with Crippen molar-refractivity contribution in [2.45, 2.75) is 38.4 Å². The molecule has 0 amide bonds. The van der Waals surface area contributed by atoms with E-state index in [-0.39, 0.29) is 5.54 Å². The molecule has 1 aromatic heterocycles. The van der Waals surface area contributed by atoms with E-state index in [0.29, 0.717) is 12.1 Å². The van der Waals surface area contributed by atoms with Gasteiger partial charge in [-0.25, -0.2) is 4.98 Å². The second-order valence-corrected chi connectivity index (χ2v) is 7.18. The Morgan fingerprint density at radius 1 is 1.29 bits per heavy atom. The summed E-state index contributed by atoms with van der Waals surface area (Å²) in [7, 11) is 0. The van der Waals surface area contributed by atoms with E-state index in [9.17, 15) is 0 Å². The highest BCUT2D eigenvalue weighted by Crippen LogP contribution is 2.37. The number of benzene rings is 1. The maximum atomic E-state index is 4.57. The number of thiazole rings is 1. The fraction of sp³-hybridized carbons (Fsp3) is 0.471. The van der Waals surface area contributed by atoms with Crippen LogP contribution in [0.5, 0.6) is 0 Å². The first-order chi connectivity index (χ1) is 10.1. The lowest BCUT2D eigenvalue weighted by Crippen LogP contribution is -2.57. The summed E-state index contributed by atoms with van der Waals surface area (Å²) >= 11 is 1.75. The Kier molecular flexibility index (Phi) is 4.11. The number of hydrogen-bond donors (Lipinski definition) is 1. The molecule has 1 saturated heterocycles. The number of hydrogen-bond acceptors (Lipinski definition) is 4. The zero-order valence-electron chi connectivity index (χ0n) is 12.9. The van der Waals surface area contributed by atoms with E-state index in [1.165, 1.54) is 10.6 Å². The third-order valence-corrected chi connectivity index (χ3v) is 5.45. The molecule has 2 atom stereocenters. The van der Waals surface area contributed by atoms with E-state index in [1.54, 1.807) is 11.3 Å². The molecule has 1 aromatic carbocycles. The lowest BCUT2D eigenvalue weighted by molar-refractivity contribution is 0.0299. The van der Waals surface area contributed by atoms with E-state index >= 15 is 0 Å². The molecular weight excluding hydrogens is 278 g/mol. The zero-order valence-corrected chi connectivity index (χ0v) is 13.7. The van der Waals surface area contributed by atoms with Crippen LogP contribution in [0.2, 0.25) is 0 Å². The summed E-state index contributed by atoms with van der Waals surface area (Å²) in [6.45, 7) is 8.86. The molecular formula is C17H23N3S. The van der Waals surface area contributed by atoms with E-state index in [4.69, 9.17) is 0 Å². The smallest absolute Gasteiger partial charge is 0.112 e. The Labute approximate surface area is 131 Å². The summed E-state index contributed by atoms with van der Waals surface area (Å²) in [4.78, 5) is 7.17. The number of piperazine rings is 1. The van der Waals surface area contributed by atoms with Crippen molar-refractivity contribution in [2.24, 2.45) is 0 Å². The molecule has 1 N–H and O–H groups in total. The molecule has 1 aliphatic rings. The Morgan fingerprint density at radius 3 is 2.71 bits per heavy atom. The topological polar surface area (TPSA) is 28.2 Å². The lowest BCUT2D eigenvalue weighted by atomic mass is 9.93. The molecule has 0 spiro atoms. The highest BCUT2D eigenvalue weighted by atomic mass is 32.1. The Balaban J connectivity index is 1.95. The van der Waals surface area contributed by atoms with Crippen LogP contribution in [0, 0.1) is 0 Å². The third-order valence-electron chi connectivity index (χ3n) is 4.36. The van der Waals surface area contributed by atoms with Gasteiger partial charge in [-0.2, -0.15) is 0 Å². The predicted octanol–water partition coefficient (Wildman–Crippen LogP) is 3.41. The fourth-order valence-corrected chi connectivity index (χ4v) is 3.93. The molecule has 0 aliphatic carbocycles. The van der Waals surface area contributed by atoms with E-state index < -0.39 is 0 Å². The third kappa shape index (κ3) is 2.89. The Bertz CT molecular complexity index is 565. The van der Waals surface area contributed by atoms with Crippen LogP contribution in [0.3, 0.4) is 0 Å². The zero-order chi connectivity index (χ0) is 14.9. The van der Waals surface area contributed by atoms with Gasteiger partial charge in [0.2, 0.25) is 0 Å². The van der Waals surface area contributed by atoms with Gasteiger partial charge in [-0.1, -0.05) is 30.3 Å². The summed E-state index contributed by atoms with van der Waals surface area (Å²) < 4.78 is 0. The van der Waals surface area contributed by atoms with Crippen LogP contribution in [0.15, 0.2) is 41.9 Å². The Hall–Kier alpha value is -1.23. The van der Waals surface area contributed by atoms with Crippen LogP contribution < -0.4 is 5.32 Å². The normalized spacial score (nSPS) is 24.1. The first-order valence-corrected chi connectivity index (χ1v) is 8.42. The molecule has 21 heavy (non-hydrogen) atoms. The lowest BCUT2D eigenvalue weighted by Gasteiger charge is -2.47. The van der Waals surface area contributed by atoms with Crippen molar-refractivity contribution in [1.82, 2.24) is 15.2 Å². The first kappa shape index (κ1) is 14.7. The van der Waals surface area contributed by atoms with Crippen molar-refractivity contribution < 1.29 is 0 Å². The van der Waals surface area contributed by atoms with Gasteiger partial charge in [0, 0.05) is 36.8 Å². The molecule has 4 heteroatoms. The van der Waals surface area contributed by atoms with E-state index in [2.05, 4.69) is 71.7 Å². The number of nitrogens with zero attached hydrogens (tertiary/aromatic N) is 2. The molecule has 1 fully saturated rings. The highest BCUT2D eigenvalue weighted by molar-refractivity contribution is 7.09. The van der Waals surface area contributed by atoms with Crippen LogP contribution in [-0.4, -0.2) is 29.0 Å². The van der Waals surface area contributed by atoms with Gasteiger partial charge in [0.25, 0.3) is 0 Å². The second-order valence-electron chi connectivity index (χ2n) is 6.28. The number of nitrogens with one attached hydrogen (secondary N) is 1. The monoisotopic (exact) mass is 301 g/mol. The first-order valence-electron chi connectivity index (χ1n) is 7.54. The van der Waals surface area contributed by atoms with Crippen molar-refractivity contribution in [3.8, 4) is 0 Å². The van der Waals surface area contributed by atoms with Gasteiger partial charge >= 0.3 is 0 Å². The Morgan fingerprint density at radius 2 is 2.05 bits per heavy atom. The fourth-order valence-electron chi connectivity index (χ4n) is 3.15. The van der Waals surface area contributed by atoms with Crippen LogP contribution in [0.25, 0.3) is 0 Å². The molecule has 0 bridgehead atoms. The van der Waals surface area contributed by atoms with Gasteiger partial charge in [-0.15, -0.1) is 11.3 Å². The van der Waals surface area contributed by atoms with Crippen LogP contribution in [0.4, 0.5) is 0 Å². The maximum absolute atomic E-state index is 4.57. The molecule has 2 unspecified atom stereocenters. The minimum atomic E-state index is -0.0506. The minimum Gasteiger partial charge on any atom is -0.311 e. The van der Waals surface area contributed by atoms with Gasteiger partial charge < -0.3 is 5.32 Å². The summed E-state index contributed by atoms with van der Waals surface area (Å²) in [5, 5.41) is 6.88. The molecule has 0 saturated carbocycles. The molecule has 0 radical (unpaired) electrons. The van der Waals surface area contributed by atoms with Crippen molar-refractivity contribution in [2.75, 3.05) is 13.1 Å². The van der Waals surface area contributed by atoms with Gasteiger partial charge in [0.1, 0.15) is 5.01 Å². The van der Waals surface area contributed by atoms with Crippen LogP contribution in [-0.2, 0) is 5.54 Å². The average molecular weight is 301 g/mol. The van der Waals surface area contributed by atoms with Crippen molar-refractivity contribution in [1.29, 1.82) is 0 Å². The van der Waals surface area contributed by atoms with Gasteiger partial charge in [-0.3, -0.25) is 4.90 Å². The van der Waals surface area contributed by atoms with Gasteiger partial charge in [-0.05, 0) is 26.3 Å². The quantitative estimate of drug-likeness (QED) is 0.941. The largest absolute Gasteiger partial charge is 0.311 e. The molecule has 2 heterocycles. The van der Waals surface area contributed by atoms with Crippen molar-refractivity contribution in [3.05, 3.63) is 52.5 Å². The SMILES string of the molecule is CC1CN(C(C)(C)c2nccs2)C(c2ccccc2)CN1. The van der Waals surface area contributed by atoms with E-state index in [0.717, 1.165) is 13.1 Å². The van der Waals surface area contributed by atoms with Crippen LogP contribution >= 0.6 is 11.3 Å². The number of rotatable bonds is 3. The molecule has 112 valence electrons. The second kappa shape index (κ2) is 5.87. The standard InChI is InChI=1S/C17H23N3S/c1-13-12-20(17(2,3)16-18-9-10-21-16)15(11-19-13)14-7-5-4-6-8-14/h4-10,13,15,19H,11-12H2,1-3H3. The van der Waals surface area contributed by atoms with Crippen molar-refractivity contribution in [3.63, 3.8) is 0 Å². The molecule has 2 aromatic rings. The maximum Gasteiger partial charge on any atom is 0.112 e. The van der Waals surface area contributed by atoms with Gasteiger partial charge in [0.05, 0.1) is 5.54 Å². The molecule has 1 aliphatic heterocycles. The van der Waals surface area contributed by atoms with Crippen LogP contribution in [0.1, 0.15) is 37.4 Å². The molecule has 3 nitrogen and oxygen atoms in total. The summed E-state index contributed by atoms with van der Waals surface area (Å²) in [6, 6.07) is 11.7. The molecule has 3 rings (SSSR count). The summed E-state index contributed by atoms with van der Waals surface area (Å²) in [5.74, 6) is 0. The number of aromatic nitrogens is 1. The van der Waals surface area contributed by atoms with E-state index in [1.807, 2.05) is 6.20 Å². The minimum absolute atomic E-state index is 0.0506. The van der Waals surface area contributed by atoms with Gasteiger partial charge in [0.15, 0.2) is 0 Å². The average Bonchev–Trinajstić information content (AvgIpc) is 3.03.